The van der Waals surface area contributed by atoms with E-state index in [2.05, 4.69) is 26.5 Å². The Balaban J connectivity index is 2.14. The quantitative estimate of drug-likeness (QED) is 0.647. The van der Waals surface area contributed by atoms with E-state index < -0.39 is 0 Å². The summed E-state index contributed by atoms with van der Waals surface area (Å²) in [7, 11) is 1.56. The number of hydrogen-bond donors (Lipinski definition) is 2. The second-order valence-electron chi connectivity index (χ2n) is 4.50. The lowest BCUT2D eigenvalue weighted by molar-refractivity contribution is 0.0954. The van der Waals surface area contributed by atoms with E-state index in [1.165, 1.54) is 0 Å². The third kappa shape index (κ3) is 3.65. The Morgan fingerprint density at radius 2 is 2.00 bits per heavy atom. The molecule has 0 saturated heterocycles. The highest BCUT2D eigenvalue weighted by Gasteiger charge is 2.09. The maximum Gasteiger partial charge on any atom is 0.271 e. The molecular weight excluding hydrogens is 348 g/mol. The van der Waals surface area contributed by atoms with E-state index in [1.54, 1.807) is 56.5 Å². The van der Waals surface area contributed by atoms with Gasteiger partial charge in [-0.2, -0.15) is 5.10 Å². The molecule has 0 saturated carbocycles. The third-order valence-corrected chi connectivity index (χ3v) is 3.65. The first-order chi connectivity index (χ1) is 10.5. The number of hydrogen-bond acceptors (Lipinski definition) is 4. The van der Waals surface area contributed by atoms with Gasteiger partial charge in [0.25, 0.3) is 5.91 Å². The Bertz CT molecular complexity index is 729. The predicted octanol–water partition coefficient (Wildman–Crippen LogP) is 3.32. The van der Waals surface area contributed by atoms with Crippen molar-refractivity contribution in [1.82, 2.24) is 5.43 Å². The number of benzene rings is 2. The van der Waals surface area contributed by atoms with Gasteiger partial charge in [0.2, 0.25) is 0 Å². The fourth-order valence-electron chi connectivity index (χ4n) is 1.85. The number of carbonyl (C=O) groups is 1. The fourth-order valence-corrected chi connectivity index (χ4v) is 2.39. The summed E-state index contributed by atoms with van der Waals surface area (Å²) in [4.78, 5) is 12.1. The SMILES string of the molecule is COc1ccc(C(=O)N/N=C(\C)c2ccccc2O)cc1Br. The van der Waals surface area contributed by atoms with E-state index in [9.17, 15) is 9.90 Å². The van der Waals surface area contributed by atoms with Crippen LogP contribution in [-0.2, 0) is 0 Å². The molecule has 0 unspecified atom stereocenters. The molecule has 2 aromatic carbocycles. The van der Waals surface area contributed by atoms with Crippen LogP contribution in [0.5, 0.6) is 11.5 Å². The summed E-state index contributed by atoms with van der Waals surface area (Å²) in [6.07, 6.45) is 0. The molecule has 2 rings (SSSR count). The van der Waals surface area contributed by atoms with E-state index in [1.807, 2.05) is 0 Å². The van der Waals surface area contributed by atoms with Crippen molar-refractivity contribution in [2.45, 2.75) is 6.92 Å². The van der Waals surface area contributed by atoms with E-state index in [0.29, 0.717) is 27.1 Å². The standard InChI is InChI=1S/C16H15BrN2O3/c1-10(12-5-3-4-6-14(12)20)18-19-16(21)11-7-8-15(22-2)13(17)9-11/h3-9,20H,1-2H3,(H,19,21)/b18-10+. The van der Waals surface area contributed by atoms with Crippen molar-refractivity contribution in [2.75, 3.05) is 7.11 Å². The van der Waals surface area contributed by atoms with Crippen molar-refractivity contribution in [3.63, 3.8) is 0 Å². The lowest BCUT2D eigenvalue weighted by Crippen LogP contribution is -2.19. The van der Waals surface area contributed by atoms with Crippen molar-refractivity contribution in [3.8, 4) is 11.5 Å². The highest BCUT2D eigenvalue weighted by molar-refractivity contribution is 9.10. The van der Waals surface area contributed by atoms with E-state index in [4.69, 9.17) is 4.74 Å². The molecule has 0 radical (unpaired) electrons. The first-order valence-corrected chi connectivity index (χ1v) is 7.28. The zero-order valence-electron chi connectivity index (χ0n) is 12.1. The van der Waals surface area contributed by atoms with Gasteiger partial charge in [0.15, 0.2) is 0 Å². The van der Waals surface area contributed by atoms with Gasteiger partial charge in [0.1, 0.15) is 11.5 Å². The van der Waals surface area contributed by atoms with Gasteiger partial charge in [-0.15, -0.1) is 0 Å². The minimum absolute atomic E-state index is 0.116. The number of phenolic OH excluding ortho intramolecular Hbond substituents is 1. The van der Waals surface area contributed by atoms with Gasteiger partial charge in [-0.25, -0.2) is 5.43 Å². The molecule has 0 aliphatic carbocycles. The van der Waals surface area contributed by atoms with Crippen molar-refractivity contribution < 1.29 is 14.6 Å². The first kappa shape index (κ1) is 16.0. The number of rotatable bonds is 4. The smallest absolute Gasteiger partial charge is 0.271 e. The minimum atomic E-state index is -0.349. The van der Waals surface area contributed by atoms with Gasteiger partial charge >= 0.3 is 0 Å². The average molecular weight is 363 g/mol. The third-order valence-electron chi connectivity index (χ3n) is 3.03. The molecule has 0 fully saturated rings. The molecule has 0 bridgehead atoms. The molecule has 22 heavy (non-hydrogen) atoms. The van der Waals surface area contributed by atoms with E-state index >= 15 is 0 Å². The Morgan fingerprint density at radius 3 is 2.64 bits per heavy atom. The van der Waals surface area contributed by atoms with Crippen molar-refractivity contribution >= 4 is 27.5 Å². The molecule has 0 heterocycles. The largest absolute Gasteiger partial charge is 0.507 e. The molecule has 114 valence electrons. The van der Waals surface area contributed by atoms with Crippen LogP contribution in [0.25, 0.3) is 0 Å². The maximum atomic E-state index is 12.1. The van der Waals surface area contributed by atoms with Crippen LogP contribution in [0.2, 0.25) is 0 Å². The molecule has 6 heteroatoms. The van der Waals surface area contributed by atoms with Gasteiger partial charge in [0.05, 0.1) is 17.3 Å². The van der Waals surface area contributed by atoms with Crippen LogP contribution in [0.15, 0.2) is 52.0 Å². The summed E-state index contributed by atoms with van der Waals surface area (Å²) >= 11 is 3.33. The molecule has 0 spiro atoms. The van der Waals surface area contributed by atoms with Crippen LogP contribution in [0.3, 0.4) is 0 Å². The highest BCUT2D eigenvalue weighted by atomic mass is 79.9. The lowest BCUT2D eigenvalue weighted by atomic mass is 10.1. The number of phenols is 1. The number of carbonyl (C=O) groups excluding carboxylic acids is 1. The number of ether oxygens (including phenoxy) is 1. The van der Waals surface area contributed by atoms with Crippen LogP contribution in [0, 0.1) is 0 Å². The van der Waals surface area contributed by atoms with Gasteiger partial charge in [-0.1, -0.05) is 12.1 Å². The molecule has 2 N–H and O–H groups in total. The van der Waals surface area contributed by atoms with E-state index in [0.717, 1.165) is 0 Å². The van der Waals surface area contributed by atoms with Crippen molar-refractivity contribution in [2.24, 2.45) is 5.10 Å². The van der Waals surface area contributed by atoms with E-state index in [-0.39, 0.29) is 11.7 Å². The summed E-state index contributed by atoms with van der Waals surface area (Å²) in [5.74, 6) is 0.411. The predicted molar refractivity (Wildman–Crippen MR) is 88.5 cm³/mol. The topological polar surface area (TPSA) is 70.9 Å². The number of nitrogens with zero attached hydrogens (tertiary/aromatic N) is 1. The molecular formula is C16H15BrN2O3. The normalized spacial score (nSPS) is 11.1. The van der Waals surface area contributed by atoms with Gasteiger partial charge in [-0.3, -0.25) is 4.79 Å². The number of halogens is 1. The van der Waals surface area contributed by atoms with Crippen molar-refractivity contribution in [3.05, 3.63) is 58.1 Å². The molecule has 5 nitrogen and oxygen atoms in total. The average Bonchev–Trinajstić information content (AvgIpc) is 2.52. The Kier molecular flexibility index (Phi) is 5.16. The Morgan fingerprint density at radius 1 is 1.27 bits per heavy atom. The van der Waals surface area contributed by atoms with Gasteiger partial charge in [0, 0.05) is 11.1 Å². The molecule has 0 aliphatic rings. The van der Waals surface area contributed by atoms with Gasteiger partial charge < -0.3 is 9.84 Å². The van der Waals surface area contributed by atoms with Crippen LogP contribution >= 0.6 is 15.9 Å². The minimum Gasteiger partial charge on any atom is -0.507 e. The number of para-hydroxylation sites is 1. The highest BCUT2D eigenvalue weighted by Crippen LogP contribution is 2.25. The Hall–Kier alpha value is -2.34. The summed E-state index contributed by atoms with van der Waals surface area (Å²) in [6, 6.07) is 11.8. The fraction of sp³-hybridized carbons (Fsp3) is 0.125. The second-order valence-corrected chi connectivity index (χ2v) is 5.36. The summed E-state index contributed by atoms with van der Waals surface area (Å²) in [6.45, 7) is 1.71. The summed E-state index contributed by atoms with van der Waals surface area (Å²) in [5.41, 5.74) is 3.99. The number of aromatic hydroxyl groups is 1. The van der Waals surface area contributed by atoms with Crippen LogP contribution in [0.1, 0.15) is 22.8 Å². The summed E-state index contributed by atoms with van der Waals surface area (Å²) in [5, 5.41) is 13.8. The monoisotopic (exact) mass is 362 g/mol. The molecule has 0 aliphatic heterocycles. The number of nitrogens with one attached hydrogen (secondary N) is 1. The number of hydrazone groups is 1. The zero-order valence-corrected chi connectivity index (χ0v) is 13.7. The second kappa shape index (κ2) is 7.09. The van der Waals surface area contributed by atoms with Crippen molar-refractivity contribution in [1.29, 1.82) is 0 Å². The summed E-state index contributed by atoms with van der Waals surface area (Å²) < 4.78 is 5.80. The first-order valence-electron chi connectivity index (χ1n) is 6.49. The van der Waals surface area contributed by atoms with Crippen LogP contribution in [-0.4, -0.2) is 23.8 Å². The molecule has 1 amide bonds. The number of amides is 1. The van der Waals surface area contributed by atoms with Crippen LogP contribution < -0.4 is 10.2 Å². The maximum absolute atomic E-state index is 12.1. The molecule has 2 aromatic rings. The van der Waals surface area contributed by atoms with Crippen LogP contribution in [0.4, 0.5) is 0 Å². The number of methoxy groups -OCH3 is 1. The van der Waals surface area contributed by atoms with Gasteiger partial charge in [-0.05, 0) is 53.2 Å². The Labute approximate surface area is 136 Å². The zero-order chi connectivity index (χ0) is 16.1. The molecule has 0 aromatic heterocycles. The lowest BCUT2D eigenvalue weighted by Gasteiger charge is -2.07. The molecule has 0 atom stereocenters.